The normalized spacial score (nSPS) is 14.1. The predicted octanol–water partition coefficient (Wildman–Crippen LogP) is 0.610. The van der Waals surface area contributed by atoms with Crippen molar-refractivity contribution in [3.63, 3.8) is 0 Å². The molecule has 4 N–H and O–H groups in total. The minimum absolute atomic E-state index is 0.0383. The average molecular weight is 283 g/mol. The third-order valence-electron chi connectivity index (χ3n) is 2.91. The number of carbonyl (C=O) groups excluding carboxylic acids is 1. The van der Waals surface area contributed by atoms with Crippen molar-refractivity contribution in [1.82, 2.24) is 0 Å². The van der Waals surface area contributed by atoms with Crippen molar-refractivity contribution in [1.29, 1.82) is 0 Å². The Morgan fingerprint density at radius 2 is 2.16 bits per heavy atom. The van der Waals surface area contributed by atoms with Crippen LogP contribution in [0.4, 0.5) is 17.1 Å². The number of hydrogen-bond donors (Lipinski definition) is 3. The van der Waals surface area contributed by atoms with Crippen LogP contribution in [0, 0.1) is 0 Å². The zero-order valence-corrected chi connectivity index (χ0v) is 11.5. The van der Waals surface area contributed by atoms with Gasteiger partial charge in [0.15, 0.2) is 0 Å². The van der Waals surface area contributed by atoms with Crippen LogP contribution in [0.5, 0.6) is 0 Å². The maximum atomic E-state index is 11.3. The van der Waals surface area contributed by atoms with E-state index in [1.54, 1.807) is 12.1 Å². The fourth-order valence-electron chi connectivity index (χ4n) is 2.00. The van der Waals surface area contributed by atoms with Crippen LogP contribution in [0.15, 0.2) is 12.1 Å². The average Bonchev–Trinajstić information content (AvgIpc) is 2.62. The highest BCUT2D eigenvalue weighted by Gasteiger charge is 2.19. The van der Waals surface area contributed by atoms with E-state index >= 15 is 0 Å². The third kappa shape index (κ3) is 3.60. The molecule has 1 aromatic rings. The molecular weight excluding hydrogens is 266 g/mol. The Hall–Kier alpha value is -1.76. The van der Waals surface area contributed by atoms with E-state index in [9.17, 15) is 13.2 Å². The number of fused-ring (bicyclic) bond motifs is 1. The van der Waals surface area contributed by atoms with Gasteiger partial charge in [0.1, 0.15) is 9.84 Å². The molecule has 0 saturated carbocycles. The van der Waals surface area contributed by atoms with Crippen LogP contribution in [0.2, 0.25) is 0 Å². The van der Waals surface area contributed by atoms with Crippen LogP contribution in [-0.4, -0.2) is 32.9 Å². The monoisotopic (exact) mass is 283 g/mol. The number of sulfone groups is 1. The van der Waals surface area contributed by atoms with E-state index in [1.807, 2.05) is 0 Å². The smallest absolute Gasteiger partial charge is 0.228 e. The van der Waals surface area contributed by atoms with Gasteiger partial charge in [0.05, 0.1) is 23.5 Å². The molecule has 6 nitrogen and oxygen atoms in total. The molecule has 0 unspecified atom stereocenters. The molecule has 0 aliphatic carbocycles. The van der Waals surface area contributed by atoms with Crippen LogP contribution < -0.4 is 16.4 Å². The van der Waals surface area contributed by atoms with Crippen molar-refractivity contribution in [3.8, 4) is 0 Å². The summed E-state index contributed by atoms with van der Waals surface area (Å²) >= 11 is 0. The summed E-state index contributed by atoms with van der Waals surface area (Å²) < 4.78 is 22.0. The van der Waals surface area contributed by atoms with E-state index in [0.717, 1.165) is 16.9 Å². The number of hydrogen-bond acceptors (Lipinski definition) is 5. The topological polar surface area (TPSA) is 101 Å². The highest BCUT2D eigenvalue weighted by molar-refractivity contribution is 7.90. The van der Waals surface area contributed by atoms with Gasteiger partial charge in [0, 0.05) is 18.5 Å². The van der Waals surface area contributed by atoms with Gasteiger partial charge < -0.3 is 16.4 Å². The Kier molecular flexibility index (Phi) is 3.66. The number of anilines is 3. The summed E-state index contributed by atoms with van der Waals surface area (Å²) in [5, 5.41) is 5.84. The predicted molar refractivity (Wildman–Crippen MR) is 76.0 cm³/mol. The van der Waals surface area contributed by atoms with Crippen LogP contribution in [-0.2, 0) is 21.1 Å². The molecular formula is C12H17N3O3S. The second-order valence-corrected chi connectivity index (χ2v) is 6.99. The van der Waals surface area contributed by atoms with Crippen molar-refractivity contribution in [3.05, 3.63) is 17.7 Å². The van der Waals surface area contributed by atoms with Crippen molar-refractivity contribution in [2.75, 3.05) is 34.9 Å². The van der Waals surface area contributed by atoms with Crippen molar-refractivity contribution in [2.24, 2.45) is 0 Å². The lowest BCUT2D eigenvalue weighted by Gasteiger charge is -2.11. The van der Waals surface area contributed by atoms with Crippen molar-refractivity contribution >= 4 is 32.8 Å². The Bertz CT molecular complexity index is 611. The zero-order chi connectivity index (χ0) is 14.0. The lowest BCUT2D eigenvalue weighted by Crippen LogP contribution is -2.10. The van der Waals surface area contributed by atoms with Gasteiger partial charge in [-0.1, -0.05) is 0 Å². The standard InChI is InChI=1S/C12H17N3O3S/c1-19(17,18)4-2-3-14-11-7-10-8(5-9(11)13)6-12(16)15-10/h5,7,14H,2-4,6,13H2,1H3,(H,15,16). The Morgan fingerprint density at radius 1 is 1.42 bits per heavy atom. The van der Waals surface area contributed by atoms with Crippen LogP contribution in [0.25, 0.3) is 0 Å². The zero-order valence-electron chi connectivity index (χ0n) is 10.7. The van der Waals surface area contributed by atoms with Crippen LogP contribution in [0.3, 0.4) is 0 Å². The first-order chi connectivity index (χ1) is 8.85. The second kappa shape index (κ2) is 5.08. The van der Waals surface area contributed by atoms with Gasteiger partial charge in [-0.3, -0.25) is 4.79 Å². The molecule has 0 atom stereocenters. The molecule has 1 heterocycles. The fraction of sp³-hybridized carbons (Fsp3) is 0.417. The summed E-state index contributed by atoms with van der Waals surface area (Å²) in [6, 6.07) is 3.56. The number of nitrogen functional groups attached to an aromatic ring is 1. The molecule has 1 amide bonds. The van der Waals surface area contributed by atoms with Crippen molar-refractivity contribution in [2.45, 2.75) is 12.8 Å². The first kappa shape index (κ1) is 13.7. The van der Waals surface area contributed by atoms with E-state index in [2.05, 4.69) is 10.6 Å². The number of amides is 1. The Morgan fingerprint density at radius 3 is 2.84 bits per heavy atom. The van der Waals surface area contributed by atoms with Gasteiger partial charge in [-0.15, -0.1) is 0 Å². The molecule has 0 radical (unpaired) electrons. The lowest BCUT2D eigenvalue weighted by molar-refractivity contribution is -0.115. The van der Waals surface area contributed by atoms with Crippen molar-refractivity contribution < 1.29 is 13.2 Å². The number of nitrogens with one attached hydrogen (secondary N) is 2. The van der Waals surface area contributed by atoms with Gasteiger partial charge in [-0.05, 0) is 24.1 Å². The van der Waals surface area contributed by atoms with Gasteiger partial charge in [-0.25, -0.2) is 8.42 Å². The molecule has 1 aromatic carbocycles. The van der Waals surface area contributed by atoms with Crippen LogP contribution >= 0.6 is 0 Å². The molecule has 1 aliphatic rings. The number of nitrogens with two attached hydrogens (primary N) is 1. The van der Waals surface area contributed by atoms with Crippen LogP contribution in [0.1, 0.15) is 12.0 Å². The maximum absolute atomic E-state index is 11.3. The second-order valence-electron chi connectivity index (χ2n) is 4.73. The SMILES string of the molecule is CS(=O)(=O)CCCNc1cc2c(cc1N)CC(=O)N2. The minimum atomic E-state index is -2.93. The Balaban J connectivity index is 1.98. The summed E-state index contributed by atoms with van der Waals surface area (Å²) in [6.07, 6.45) is 2.09. The molecule has 19 heavy (non-hydrogen) atoms. The Labute approximate surface area is 112 Å². The number of rotatable bonds is 5. The highest BCUT2D eigenvalue weighted by atomic mass is 32.2. The van der Waals surface area contributed by atoms with Gasteiger partial charge in [0.25, 0.3) is 0 Å². The van der Waals surface area contributed by atoms with E-state index < -0.39 is 9.84 Å². The fourth-order valence-corrected chi connectivity index (χ4v) is 2.67. The molecule has 0 spiro atoms. The van der Waals surface area contributed by atoms with Gasteiger partial charge in [0.2, 0.25) is 5.91 Å². The molecule has 2 rings (SSSR count). The van der Waals surface area contributed by atoms with E-state index in [-0.39, 0.29) is 11.7 Å². The first-order valence-electron chi connectivity index (χ1n) is 5.99. The molecule has 0 fully saturated rings. The summed E-state index contributed by atoms with van der Waals surface area (Å²) in [6.45, 7) is 0.518. The molecule has 104 valence electrons. The largest absolute Gasteiger partial charge is 0.397 e. The third-order valence-corrected chi connectivity index (χ3v) is 3.94. The highest BCUT2D eigenvalue weighted by Crippen LogP contribution is 2.31. The van der Waals surface area contributed by atoms with E-state index in [0.29, 0.717) is 25.1 Å². The summed E-state index contributed by atoms with van der Waals surface area (Å²) in [4.78, 5) is 11.3. The van der Waals surface area contributed by atoms with E-state index in [4.69, 9.17) is 5.73 Å². The summed E-state index contributed by atoms with van der Waals surface area (Å²) in [5.41, 5.74) is 8.83. The first-order valence-corrected chi connectivity index (χ1v) is 8.05. The maximum Gasteiger partial charge on any atom is 0.228 e. The molecule has 7 heteroatoms. The van der Waals surface area contributed by atoms with E-state index in [1.165, 1.54) is 6.26 Å². The quantitative estimate of drug-likeness (QED) is 0.543. The summed E-state index contributed by atoms with van der Waals surface area (Å²) in [5.74, 6) is 0.102. The molecule has 0 saturated heterocycles. The van der Waals surface area contributed by atoms with Gasteiger partial charge in [-0.2, -0.15) is 0 Å². The molecule has 0 aromatic heterocycles. The summed E-state index contributed by atoms with van der Waals surface area (Å²) in [7, 11) is -2.93. The molecule has 0 bridgehead atoms. The minimum Gasteiger partial charge on any atom is -0.397 e. The van der Waals surface area contributed by atoms with Gasteiger partial charge >= 0.3 is 0 Å². The number of carbonyl (C=O) groups is 1. The lowest BCUT2D eigenvalue weighted by atomic mass is 10.1. The number of benzene rings is 1. The molecule has 1 aliphatic heterocycles.